The van der Waals surface area contributed by atoms with E-state index in [9.17, 15) is 9.59 Å². The van der Waals surface area contributed by atoms with E-state index >= 15 is 0 Å². The van der Waals surface area contributed by atoms with Crippen molar-refractivity contribution in [2.75, 3.05) is 5.32 Å². The first-order chi connectivity index (χ1) is 11.0. The molecule has 112 valence electrons. The summed E-state index contributed by atoms with van der Waals surface area (Å²) < 4.78 is 0. The normalized spacial score (nSPS) is 13.3. The third-order valence-electron chi connectivity index (χ3n) is 3.98. The summed E-state index contributed by atoms with van der Waals surface area (Å²) in [5.41, 5.74) is 3.93. The fraction of sp³-hybridized carbons (Fsp3) is 0.0556. The number of aryl methyl sites for hydroxylation is 1. The van der Waals surface area contributed by atoms with Crippen LogP contribution in [-0.4, -0.2) is 16.7 Å². The number of hydrogen-bond donors (Lipinski definition) is 1. The molecule has 1 aliphatic rings. The number of carbonyl (C=O) groups excluding carboxylic acids is 2. The molecule has 0 radical (unpaired) electrons. The van der Waals surface area contributed by atoms with Gasteiger partial charge in [-0.3, -0.25) is 9.59 Å². The average molecular weight is 323 g/mol. The fourth-order valence-electron chi connectivity index (χ4n) is 2.72. The van der Waals surface area contributed by atoms with Gasteiger partial charge in [0.25, 0.3) is 11.7 Å². The van der Waals surface area contributed by atoms with Crippen molar-refractivity contribution in [1.82, 2.24) is 4.98 Å². The van der Waals surface area contributed by atoms with Gasteiger partial charge in [-0.25, -0.2) is 4.98 Å². The standard InChI is InChI=1S/C18H11ClN2O2/c1-9-2-4-10(5-3-9)11-6-7-14-12(15(11)19)8-13-16(22)18(23)21-17(13)20-14/h2-8H,1H3,(H,20,21,22,23). The average Bonchev–Trinajstić information content (AvgIpc) is 2.82. The number of amides is 1. The minimum absolute atomic E-state index is 0.269. The number of hydrogen-bond acceptors (Lipinski definition) is 3. The van der Waals surface area contributed by atoms with Crippen molar-refractivity contribution in [1.29, 1.82) is 0 Å². The predicted molar refractivity (Wildman–Crippen MR) is 89.9 cm³/mol. The van der Waals surface area contributed by atoms with E-state index in [0.717, 1.165) is 11.1 Å². The van der Waals surface area contributed by atoms with Gasteiger partial charge in [-0.15, -0.1) is 0 Å². The molecular weight excluding hydrogens is 312 g/mol. The van der Waals surface area contributed by atoms with Crippen LogP contribution in [0.3, 0.4) is 0 Å². The van der Waals surface area contributed by atoms with E-state index in [1.807, 2.05) is 43.3 Å². The molecule has 1 amide bonds. The zero-order valence-electron chi connectivity index (χ0n) is 12.2. The SMILES string of the molecule is Cc1ccc(-c2ccc3nc4c(cc3c2Cl)C(=O)C(=O)N4)cc1. The molecule has 4 nitrogen and oxygen atoms in total. The highest BCUT2D eigenvalue weighted by Crippen LogP contribution is 2.36. The Balaban J connectivity index is 1.95. The van der Waals surface area contributed by atoms with E-state index in [4.69, 9.17) is 11.6 Å². The molecule has 1 aromatic heterocycles. The number of aromatic nitrogens is 1. The maximum absolute atomic E-state index is 11.8. The maximum Gasteiger partial charge on any atom is 0.298 e. The number of ketones is 1. The van der Waals surface area contributed by atoms with E-state index in [-0.39, 0.29) is 5.56 Å². The lowest BCUT2D eigenvalue weighted by atomic mass is 10.0. The van der Waals surface area contributed by atoms with Crippen molar-refractivity contribution in [2.45, 2.75) is 6.92 Å². The molecule has 3 aromatic rings. The summed E-state index contributed by atoms with van der Waals surface area (Å²) in [5.74, 6) is -0.935. The van der Waals surface area contributed by atoms with Gasteiger partial charge in [0.05, 0.1) is 16.1 Å². The van der Waals surface area contributed by atoms with Crippen LogP contribution in [0.4, 0.5) is 5.82 Å². The van der Waals surface area contributed by atoms with Gasteiger partial charge in [0.15, 0.2) is 0 Å². The molecule has 0 fully saturated rings. The van der Waals surface area contributed by atoms with Crippen LogP contribution in [-0.2, 0) is 4.79 Å². The summed E-state index contributed by atoms with van der Waals surface area (Å²) in [5, 5.41) is 3.65. The zero-order chi connectivity index (χ0) is 16.1. The number of pyridine rings is 1. The third-order valence-corrected chi connectivity index (χ3v) is 4.39. The number of fused-ring (bicyclic) bond motifs is 2. The first kappa shape index (κ1) is 13.9. The van der Waals surface area contributed by atoms with Gasteiger partial charge in [-0.1, -0.05) is 47.5 Å². The lowest BCUT2D eigenvalue weighted by Crippen LogP contribution is -2.12. The molecule has 0 bridgehead atoms. The molecule has 0 atom stereocenters. The summed E-state index contributed by atoms with van der Waals surface area (Å²) in [6.45, 7) is 2.02. The first-order valence-electron chi connectivity index (χ1n) is 7.10. The topological polar surface area (TPSA) is 59.1 Å². The second kappa shape index (κ2) is 4.89. The first-order valence-corrected chi connectivity index (χ1v) is 7.48. The van der Waals surface area contributed by atoms with Crippen LogP contribution >= 0.6 is 11.6 Å². The Morgan fingerprint density at radius 3 is 2.48 bits per heavy atom. The van der Waals surface area contributed by atoms with Gasteiger partial charge >= 0.3 is 0 Å². The van der Waals surface area contributed by atoms with Crippen LogP contribution in [0, 0.1) is 6.92 Å². The Kier molecular flexibility index (Phi) is 2.96. The molecule has 0 unspecified atom stereocenters. The highest BCUT2D eigenvalue weighted by atomic mass is 35.5. The van der Waals surface area contributed by atoms with Gasteiger partial charge in [-0.05, 0) is 24.6 Å². The van der Waals surface area contributed by atoms with Crippen molar-refractivity contribution in [3.8, 4) is 11.1 Å². The Bertz CT molecular complexity index is 994. The summed E-state index contributed by atoms with van der Waals surface area (Å²) >= 11 is 6.55. The molecule has 0 saturated heterocycles. The maximum atomic E-state index is 11.8. The Labute approximate surface area is 137 Å². The monoisotopic (exact) mass is 322 g/mol. The van der Waals surface area contributed by atoms with Gasteiger partial charge < -0.3 is 5.32 Å². The van der Waals surface area contributed by atoms with Crippen LogP contribution in [0.1, 0.15) is 15.9 Å². The molecule has 2 heterocycles. The molecule has 4 rings (SSSR count). The summed E-state index contributed by atoms with van der Waals surface area (Å²) in [6, 6.07) is 13.4. The van der Waals surface area contributed by atoms with Crippen molar-refractivity contribution < 1.29 is 9.59 Å². The van der Waals surface area contributed by atoms with Crippen molar-refractivity contribution >= 4 is 40.0 Å². The minimum Gasteiger partial charge on any atom is -0.303 e. The number of halogens is 1. The van der Waals surface area contributed by atoms with Crippen molar-refractivity contribution in [3.05, 3.63) is 58.6 Å². The lowest BCUT2D eigenvalue weighted by molar-refractivity contribution is -0.112. The molecule has 1 aliphatic heterocycles. The minimum atomic E-state index is -0.655. The Morgan fingerprint density at radius 1 is 1.00 bits per heavy atom. The smallest absolute Gasteiger partial charge is 0.298 e. The number of benzene rings is 2. The number of anilines is 1. The number of nitrogens with zero attached hydrogens (tertiary/aromatic N) is 1. The van der Waals surface area contributed by atoms with Crippen molar-refractivity contribution in [2.24, 2.45) is 0 Å². The van der Waals surface area contributed by atoms with E-state index in [1.165, 1.54) is 5.56 Å². The molecule has 0 spiro atoms. The van der Waals surface area contributed by atoms with E-state index in [1.54, 1.807) is 6.07 Å². The summed E-state index contributed by atoms with van der Waals surface area (Å²) in [6.07, 6.45) is 0. The van der Waals surface area contributed by atoms with Gasteiger partial charge in [0, 0.05) is 10.9 Å². The highest BCUT2D eigenvalue weighted by Gasteiger charge is 2.30. The highest BCUT2D eigenvalue weighted by molar-refractivity contribution is 6.51. The van der Waals surface area contributed by atoms with Crippen LogP contribution < -0.4 is 5.32 Å². The molecule has 0 aliphatic carbocycles. The Hall–Kier alpha value is -2.72. The quantitative estimate of drug-likeness (QED) is 0.689. The number of rotatable bonds is 1. The predicted octanol–water partition coefficient (Wildman–Crippen LogP) is 4.00. The molecule has 5 heteroatoms. The molecule has 1 N–H and O–H groups in total. The molecule has 23 heavy (non-hydrogen) atoms. The van der Waals surface area contributed by atoms with Crippen LogP contribution in [0.5, 0.6) is 0 Å². The largest absolute Gasteiger partial charge is 0.303 e. The molecule has 0 saturated carbocycles. The molecule has 2 aromatic carbocycles. The third kappa shape index (κ3) is 2.11. The van der Waals surface area contributed by atoms with Crippen LogP contribution in [0.2, 0.25) is 5.02 Å². The van der Waals surface area contributed by atoms with Crippen LogP contribution in [0.15, 0.2) is 42.5 Å². The molecular formula is C18H11ClN2O2. The van der Waals surface area contributed by atoms with Crippen LogP contribution in [0.25, 0.3) is 22.0 Å². The van der Waals surface area contributed by atoms with E-state index in [0.29, 0.717) is 21.7 Å². The van der Waals surface area contributed by atoms with Gasteiger partial charge in [-0.2, -0.15) is 0 Å². The second-order valence-corrected chi connectivity index (χ2v) is 5.91. The van der Waals surface area contributed by atoms with E-state index in [2.05, 4.69) is 10.3 Å². The number of carbonyl (C=O) groups is 2. The van der Waals surface area contributed by atoms with Gasteiger partial charge in [0.1, 0.15) is 5.82 Å². The summed E-state index contributed by atoms with van der Waals surface area (Å²) in [4.78, 5) is 27.7. The number of nitrogens with one attached hydrogen (secondary N) is 1. The Morgan fingerprint density at radius 2 is 1.74 bits per heavy atom. The summed E-state index contributed by atoms with van der Waals surface area (Å²) in [7, 11) is 0. The number of Topliss-reactive ketones (excluding diaryl/α,β-unsaturated/α-hetero) is 1. The zero-order valence-corrected chi connectivity index (χ0v) is 12.9. The second-order valence-electron chi connectivity index (χ2n) is 5.53. The van der Waals surface area contributed by atoms with Crippen molar-refractivity contribution in [3.63, 3.8) is 0 Å². The fourth-order valence-corrected chi connectivity index (χ4v) is 3.05. The lowest BCUT2D eigenvalue weighted by Gasteiger charge is -2.09. The van der Waals surface area contributed by atoms with Gasteiger partial charge in [0.2, 0.25) is 0 Å². The van der Waals surface area contributed by atoms with E-state index < -0.39 is 11.7 Å².